The average Bonchev–Trinajstić information content (AvgIpc) is 3.01. The number of methoxy groups -OCH3 is 2. The standard InChI is InChI=1S/C31H47N9O2S/c1-7-39(8-2)25-18-23(21(32)16-27(25)41-5)34-29-36-30(38-31(37-29)43-20-14-12-11-13-15-20)35-24-19-26(40(9-3)10-4)28(42-6)17-22(24)33/h16-20H,7-15,32-33H2,1-6H3,(H2,34,35,36,37,38). The Balaban J connectivity index is 1.73. The highest BCUT2D eigenvalue weighted by molar-refractivity contribution is 7.99. The quantitative estimate of drug-likeness (QED) is 0.145. The Morgan fingerprint density at radius 1 is 0.721 bits per heavy atom. The van der Waals surface area contributed by atoms with Gasteiger partial charge in [-0.05, 0) is 52.7 Å². The summed E-state index contributed by atoms with van der Waals surface area (Å²) >= 11 is 1.70. The maximum absolute atomic E-state index is 6.48. The molecule has 12 heteroatoms. The molecule has 3 aromatic rings. The van der Waals surface area contributed by atoms with E-state index in [9.17, 15) is 0 Å². The van der Waals surface area contributed by atoms with Crippen molar-refractivity contribution in [2.24, 2.45) is 0 Å². The van der Waals surface area contributed by atoms with Crippen LogP contribution in [0.5, 0.6) is 11.5 Å². The van der Waals surface area contributed by atoms with Crippen LogP contribution in [-0.4, -0.2) is 60.6 Å². The van der Waals surface area contributed by atoms with E-state index in [2.05, 4.69) is 48.1 Å². The molecule has 1 fully saturated rings. The third-order valence-electron chi connectivity index (χ3n) is 7.84. The fraction of sp³-hybridized carbons (Fsp3) is 0.516. The third-order valence-corrected chi connectivity index (χ3v) is 9.04. The zero-order valence-corrected chi connectivity index (χ0v) is 27.2. The minimum absolute atomic E-state index is 0.397. The number of nitrogens with two attached hydrogens (primary N) is 2. The van der Waals surface area contributed by atoms with Crippen LogP contribution in [-0.2, 0) is 0 Å². The van der Waals surface area contributed by atoms with Crippen molar-refractivity contribution >= 4 is 57.8 Å². The first-order valence-electron chi connectivity index (χ1n) is 15.3. The summed E-state index contributed by atoms with van der Waals surface area (Å²) in [5.41, 5.74) is 17.3. The summed E-state index contributed by atoms with van der Waals surface area (Å²) in [5, 5.41) is 7.86. The van der Waals surface area contributed by atoms with Crippen molar-refractivity contribution < 1.29 is 9.47 Å². The molecule has 0 amide bonds. The molecule has 0 aliphatic heterocycles. The van der Waals surface area contributed by atoms with E-state index >= 15 is 0 Å². The van der Waals surface area contributed by atoms with Crippen molar-refractivity contribution in [1.82, 2.24) is 15.0 Å². The minimum atomic E-state index is 0.397. The van der Waals surface area contributed by atoms with Gasteiger partial charge in [-0.25, -0.2) is 0 Å². The molecule has 0 atom stereocenters. The zero-order valence-electron chi connectivity index (χ0n) is 26.4. The summed E-state index contributed by atoms with van der Waals surface area (Å²) in [5.74, 6) is 2.23. The van der Waals surface area contributed by atoms with Gasteiger partial charge in [-0.3, -0.25) is 0 Å². The lowest BCUT2D eigenvalue weighted by Crippen LogP contribution is -2.22. The molecule has 43 heavy (non-hydrogen) atoms. The number of nitrogen functional groups attached to an aromatic ring is 2. The maximum Gasteiger partial charge on any atom is 0.233 e. The molecule has 1 saturated carbocycles. The molecule has 1 aliphatic carbocycles. The van der Waals surface area contributed by atoms with E-state index in [1.165, 1.54) is 19.3 Å². The van der Waals surface area contributed by atoms with Crippen LogP contribution in [0.15, 0.2) is 29.4 Å². The lowest BCUT2D eigenvalue weighted by atomic mass is 10.0. The van der Waals surface area contributed by atoms with Crippen LogP contribution >= 0.6 is 11.8 Å². The van der Waals surface area contributed by atoms with Gasteiger partial charge in [0.25, 0.3) is 0 Å². The van der Waals surface area contributed by atoms with E-state index in [-0.39, 0.29) is 0 Å². The van der Waals surface area contributed by atoms with E-state index in [0.29, 0.717) is 45.1 Å². The molecule has 0 bridgehead atoms. The van der Waals surface area contributed by atoms with Gasteiger partial charge in [-0.2, -0.15) is 15.0 Å². The fourth-order valence-corrected chi connectivity index (χ4v) is 6.57. The Morgan fingerprint density at radius 2 is 1.16 bits per heavy atom. The number of benzene rings is 2. The number of hydrogen-bond donors (Lipinski definition) is 4. The lowest BCUT2D eigenvalue weighted by molar-refractivity contribution is 0.414. The van der Waals surface area contributed by atoms with E-state index in [1.54, 1.807) is 26.0 Å². The second-order valence-corrected chi connectivity index (χ2v) is 11.7. The normalized spacial score (nSPS) is 13.4. The SMILES string of the molecule is CCN(CC)c1cc(Nc2nc(Nc3cc(N(CC)CC)c(OC)cc3N)nc(SC3CCCCC3)n2)c(N)cc1OC. The molecule has 1 aliphatic rings. The first-order valence-corrected chi connectivity index (χ1v) is 16.1. The summed E-state index contributed by atoms with van der Waals surface area (Å²) in [6.07, 6.45) is 6.04. The molecule has 0 unspecified atom stereocenters. The Hall–Kier alpha value is -3.80. The van der Waals surface area contributed by atoms with Gasteiger partial charge in [0.2, 0.25) is 11.9 Å². The topological polar surface area (TPSA) is 140 Å². The van der Waals surface area contributed by atoms with E-state index < -0.39 is 0 Å². The van der Waals surface area contributed by atoms with Gasteiger partial charge in [0.05, 0.1) is 48.3 Å². The number of ether oxygens (including phenoxy) is 2. The van der Waals surface area contributed by atoms with Gasteiger partial charge in [-0.15, -0.1) is 0 Å². The highest BCUT2D eigenvalue weighted by Gasteiger charge is 2.20. The summed E-state index contributed by atoms with van der Waals surface area (Å²) in [4.78, 5) is 18.8. The summed E-state index contributed by atoms with van der Waals surface area (Å²) in [6, 6.07) is 7.65. The fourth-order valence-electron chi connectivity index (χ4n) is 5.43. The summed E-state index contributed by atoms with van der Waals surface area (Å²) in [7, 11) is 3.31. The van der Waals surface area contributed by atoms with Gasteiger partial charge in [0.1, 0.15) is 11.5 Å². The predicted octanol–water partition coefficient (Wildman–Crippen LogP) is 6.66. The number of anilines is 8. The van der Waals surface area contributed by atoms with E-state index in [1.807, 2.05) is 24.3 Å². The van der Waals surface area contributed by atoms with Crippen molar-refractivity contribution in [3.05, 3.63) is 24.3 Å². The Kier molecular flexibility index (Phi) is 11.3. The van der Waals surface area contributed by atoms with E-state index in [4.69, 9.17) is 35.9 Å². The van der Waals surface area contributed by atoms with Gasteiger partial charge in [0.15, 0.2) is 5.16 Å². The number of hydrogen-bond acceptors (Lipinski definition) is 12. The van der Waals surface area contributed by atoms with Crippen LogP contribution in [0.3, 0.4) is 0 Å². The van der Waals surface area contributed by atoms with Gasteiger partial charge in [-0.1, -0.05) is 31.0 Å². The second kappa shape index (κ2) is 15.1. The predicted molar refractivity (Wildman–Crippen MR) is 181 cm³/mol. The number of nitrogens with zero attached hydrogens (tertiary/aromatic N) is 5. The Labute approximate surface area is 260 Å². The highest BCUT2D eigenvalue weighted by atomic mass is 32.2. The lowest BCUT2D eigenvalue weighted by Gasteiger charge is -2.25. The number of aromatic nitrogens is 3. The molecular formula is C31H47N9O2S. The average molecular weight is 610 g/mol. The molecule has 0 radical (unpaired) electrons. The molecule has 0 saturated heterocycles. The summed E-state index contributed by atoms with van der Waals surface area (Å²) in [6.45, 7) is 11.8. The smallest absolute Gasteiger partial charge is 0.233 e. The van der Waals surface area contributed by atoms with Crippen LogP contribution in [0.2, 0.25) is 0 Å². The molecule has 1 heterocycles. The van der Waals surface area contributed by atoms with Crippen LogP contribution in [0.4, 0.5) is 46.0 Å². The van der Waals surface area contributed by atoms with Crippen LogP contribution < -0.4 is 41.4 Å². The molecule has 4 rings (SSSR count). The number of thioether (sulfide) groups is 1. The Bertz CT molecular complexity index is 1270. The van der Waals surface area contributed by atoms with Gasteiger partial charge < -0.3 is 41.4 Å². The molecular weight excluding hydrogens is 562 g/mol. The Morgan fingerprint density at radius 3 is 1.56 bits per heavy atom. The van der Waals surface area contributed by atoms with Crippen LogP contribution in [0.25, 0.3) is 0 Å². The molecule has 0 spiro atoms. The van der Waals surface area contributed by atoms with Crippen molar-refractivity contribution in [2.45, 2.75) is 70.2 Å². The third kappa shape index (κ3) is 7.78. The molecule has 2 aromatic carbocycles. The van der Waals surface area contributed by atoms with Crippen molar-refractivity contribution in [3.8, 4) is 11.5 Å². The number of nitrogens with one attached hydrogen (secondary N) is 2. The van der Waals surface area contributed by atoms with Crippen LogP contribution in [0, 0.1) is 0 Å². The van der Waals surface area contributed by atoms with Crippen molar-refractivity contribution in [3.63, 3.8) is 0 Å². The van der Waals surface area contributed by atoms with Crippen molar-refractivity contribution in [1.29, 1.82) is 0 Å². The first-order chi connectivity index (χ1) is 20.8. The molecule has 234 valence electrons. The molecule has 11 nitrogen and oxygen atoms in total. The minimum Gasteiger partial charge on any atom is -0.495 e. The monoisotopic (exact) mass is 609 g/mol. The largest absolute Gasteiger partial charge is 0.495 e. The summed E-state index contributed by atoms with van der Waals surface area (Å²) < 4.78 is 11.3. The molecule has 1 aromatic heterocycles. The first kappa shape index (κ1) is 32.1. The van der Waals surface area contributed by atoms with Crippen LogP contribution in [0.1, 0.15) is 59.8 Å². The highest BCUT2D eigenvalue weighted by Crippen LogP contribution is 2.39. The van der Waals surface area contributed by atoms with Crippen molar-refractivity contribution in [2.75, 3.05) is 72.3 Å². The number of rotatable bonds is 14. The van der Waals surface area contributed by atoms with Gasteiger partial charge in [0, 0.05) is 43.6 Å². The maximum atomic E-state index is 6.48. The zero-order chi connectivity index (χ0) is 30.9. The van der Waals surface area contributed by atoms with Gasteiger partial charge >= 0.3 is 0 Å². The second-order valence-electron chi connectivity index (χ2n) is 10.5. The molecule has 6 N–H and O–H groups in total. The van der Waals surface area contributed by atoms with E-state index in [0.717, 1.165) is 61.9 Å².